The summed E-state index contributed by atoms with van der Waals surface area (Å²) >= 11 is 0. The van der Waals surface area contributed by atoms with Crippen LogP contribution >= 0.6 is 0 Å². The maximum Gasteiger partial charge on any atom is 0.433 e. The summed E-state index contributed by atoms with van der Waals surface area (Å²) in [5, 5.41) is 4.13. The van der Waals surface area contributed by atoms with Crippen LogP contribution in [0.3, 0.4) is 0 Å². The zero-order valence-corrected chi connectivity index (χ0v) is 15.6. The summed E-state index contributed by atoms with van der Waals surface area (Å²) < 4.78 is 38.2. The number of aromatic amines is 1. The molecule has 0 spiro atoms. The fourth-order valence-electron chi connectivity index (χ4n) is 3.09. The quantitative estimate of drug-likeness (QED) is 0.504. The Morgan fingerprint density at radius 1 is 1.00 bits per heavy atom. The molecule has 0 saturated heterocycles. The number of anilines is 1. The van der Waals surface area contributed by atoms with Crippen LogP contribution in [0.5, 0.6) is 0 Å². The van der Waals surface area contributed by atoms with Gasteiger partial charge in [-0.25, -0.2) is 9.97 Å². The van der Waals surface area contributed by atoms with E-state index in [1.807, 2.05) is 31.5 Å². The van der Waals surface area contributed by atoms with E-state index in [1.54, 1.807) is 12.3 Å². The van der Waals surface area contributed by atoms with Gasteiger partial charge in [0.15, 0.2) is 0 Å². The van der Waals surface area contributed by atoms with Gasteiger partial charge in [0.2, 0.25) is 0 Å². The minimum absolute atomic E-state index is 0.228. The van der Waals surface area contributed by atoms with Crippen LogP contribution < -0.4 is 5.32 Å². The molecule has 0 aromatic carbocycles. The lowest BCUT2D eigenvalue weighted by molar-refractivity contribution is -0.141. The summed E-state index contributed by atoms with van der Waals surface area (Å²) in [6.07, 6.45) is 2.95. The number of halogens is 3. The Kier molecular flexibility index (Phi) is 4.92. The number of nitrogens with one attached hydrogen (secondary N) is 2. The highest BCUT2D eigenvalue weighted by Gasteiger charge is 2.32. The molecule has 0 radical (unpaired) electrons. The Morgan fingerprint density at radius 3 is 2.62 bits per heavy atom. The molecule has 0 aliphatic heterocycles. The van der Waals surface area contributed by atoms with Gasteiger partial charge in [-0.1, -0.05) is 6.07 Å². The van der Waals surface area contributed by atoms with Crippen molar-refractivity contribution in [3.63, 3.8) is 0 Å². The van der Waals surface area contributed by atoms with E-state index in [4.69, 9.17) is 0 Å². The molecule has 8 heteroatoms. The molecule has 0 unspecified atom stereocenters. The van der Waals surface area contributed by atoms with Crippen LogP contribution in [0.4, 0.5) is 19.0 Å². The fourth-order valence-corrected chi connectivity index (χ4v) is 3.09. The molecule has 0 amide bonds. The van der Waals surface area contributed by atoms with E-state index in [0.29, 0.717) is 17.8 Å². The normalized spacial score (nSPS) is 11.7. The Morgan fingerprint density at radius 2 is 1.86 bits per heavy atom. The Balaban J connectivity index is 1.42. The first-order valence-electron chi connectivity index (χ1n) is 9.02. The molecule has 4 heterocycles. The molecule has 29 heavy (non-hydrogen) atoms. The molecule has 0 saturated carbocycles. The minimum atomic E-state index is -4.45. The van der Waals surface area contributed by atoms with Crippen molar-refractivity contribution in [3.05, 3.63) is 83.1 Å². The topological polar surface area (TPSA) is 66.5 Å². The second kappa shape index (κ2) is 7.54. The molecule has 148 valence electrons. The number of aromatic nitrogens is 4. The largest absolute Gasteiger partial charge is 0.433 e. The molecule has 0 bridgehead atoms. The van der Waals surface area contributed by atoms with Crippen LogP contribution in [0.1, 0.15) is 27.9 Å². The molecule has 0 aliphatic carbocycles. The highest BCUT2D eigenvalue weighted by molar-refractivity contribution is 5.80. The average molecular weight is 397 g/mol. The van der Waals surface area contributed by atoms with Crippen LogP contribution in [0.2, 0.25) is 0 Å². The van der Waals surface area contributed by atoms with Crippen LogP contribution in [0.15, 0.2) is 55.1 Å². The average Bonchev–Trinajstić information content (AvgIpc) is 3.09. The first-order valence-corrected chi connectivity index (χ1v) is 9.02. The maximum absolute atomic E-state index is 12.7. The number of H-pyrrole nitrogens is 1. The van der Waals surface area contributed by atoms with Gasteiger partial charge in [0.1, 0.15) is 17.2 Å². The second-order valence-corrected chi connectivity index (χ2v) is 6.85. The second-order valence-electron chi connectivity index (χ2n) is 6.85. The number of alkyl halides is 3. The van der Waals surface area contributed by atoms with Crippen molar-refractivity contribution >= 4 is 16.9 Å². The van der Waals surface area contributed by atoms with Crippen molar-refractivity contribution in [3.8, 4) is 0 Å². The lowest BCUT2D eigenvalue weighted by Gasteiger charge is -2.09. The number of nitrogens with zero attached hydrogens (tertiary/aromatic N) is 3. The highest BCUT2D eigenvalue weighted by atomic mass is 19.4. The summed E-state index contributed by atoms with van der Waals surface area (Å²) in [7, 11) is 0. The zero-order chi connectivity index (χ0) is 20.4. The monoisotopic (exact) mass is 397 g/mol. The van der Waals surface area contributed by atoms with E-state index >= 15 is 0 Å². The molecule has 5 nitrogen and oxygen atoms in total. The Labute approximate surface area is 165 Å². The number of rotatable bonds is 5. The van der Waals surface area contributed by atoms with Gasteiger partial charge in [0.05, 0.1) is 0 Å². The van der Waals surface area contributed by atoms with Gasteiger partial charge in [0.25, 0.3) is 0 Å². The summed E-state index contributed by atoms with van der Waals surface area (Å²) in [4.78, 5) is 15.3. The third kappa shape index (κ3) is 4.37. The number of aryl methyl sites for hydroxylation is 1. The lowest BCUT2D eigenvalue weighted by atomic mass is 10.1. The van der Waals surface area contributed by atoms with Gasteiger partial charge in [-0.15, -0.1) is 0 Å². The fraction of sp³-hybridized carbons (Fsp3) is 0.190. The number of fused-ring (bicyclic) bond motifs is 1. The SMILES string of the molecule is Cc1cnc2[nH]cc(Cc3ccc(NCc4ccnc(C(F)(F)F)c4)nc3)c2c1. The smallest absolute Gasteiger partial charge is 0.366 e. The molecular weight excluding hydrogens is 379 g/mol. The predicted octanol–water partition coefficient (Wildman–Crippen LogP) is 4.88. The van der Waals surface area contributed by atoms with Crippen molar-refractivity contribution in [2.75, 3.05) is 5.32 Å². The number of hydrogen-bond acceptors (Lipinski definition) is 4. The van der Waals surface area contributed by atoms with Gasteiger partial charge in [-0.3, -0.25) is 4.98 Å². The molecule has 2 N–H and O–H groups in total. The first-order chi connectivity index (χ1) is 13.9. The third-order valence-electron chi connectivity index (χ3n) is 4.56. The van der Waals surface area contributed by atoms with Gasteiger partial charge in [-0.2, -0.15) is 13.2 Å². The molecular formula is C21H18F3N5. The summed E-state index contributed by atoms with van der Waals surface area (Å²) in [6, 6.07) is 8.45. The van der Waals surface area contributed by atoms with Gasteiger partial charge < -0.3 is 10.3 Å². The predicted molar refractivity (Wildman–Crippen MR) is 104 cm³/mol. The van der Waals surface area contributed by atoms with Crippen LogP contribution in [-0.2, 0) is 19.1 Å². The minimum Gasteiger partial charge on any atom is -0.366 e. The van der Waals surface area contributed by atoms with E-state index in [0.717, 1.165) is 40.0 Å². The van der Waals surface area contributed by atoms with Crippen molar-refractivity contribution < 1.29 is 13.2 Å². The molecule has 0 aliphatic rings. The number of pyridine rings is 3. The van der Waals surface area contributed by atoms with E-state index in [1.165, 1.54) is 0 Å². The third-order valence-corrected chi connectivity index (χ3v) is 4.56. The molecule has 4 aromatic rings. The summed E-state index contributed by atoms with van der Waals surface area (Å²) in [5.41, 5.74) is 3.70. The summed E-state index contributed by atoms with van der Waals surface area (Å²) in [6.45, 7) is 2.23. The molecule has 4 rings (SSSR count). The van der Waals surface area contributed by atoms with Crippen LogP contribution in [0, 0.1) is 6.92 Å². The lowest BCUT2D eigenvalue weighted by Crippen LogP contribution is -2.09. The van der Waals surface area contributed by atoms with Gasteiger partial charge in [0, 0.05) is 43.1 Å². The van der Waals surface area contributed by atoms with Crippen molar-refractivity contribution in [1.82, 2.24) is 19.9 Å². The first kappa shape index (κ1) is 18.9. The standard InChI is InChI=1S/C21H18F3N5/c1-13-6-17-16(12-29-20(17)28-9-13)7-14-2-3-19(26-10-14)27-11-15-4-5-25-18(8-15)21(22,23)24/h2-6,8-10,12H,7,11H2,1H3,(H,26,27)(H,28,29). The molecule has 0 atom stereocenters. The Bertz CT molecular complexity index is 1130. The van der Waals surface area contributed by atoms with E-state index in [2.05, 4.69) is 31.3 Å². The van der Waals surface area contributed by atoms with Gasteiger partial charge >= 0.3 is 6.18 Å². The van der Waals surface area contributed by atoms with Crippen LogP contribution in [0.25, 0.3) is 11.0 Å². The van der Waals surface area contributed by atoms with Crippen molar-refractivity contribution in [2.45, 2.75) is 26.1 Å². The molecule has 4 aromatic heterocycles. The zero-order valence-electron chi connectivity index (χ0n) is 15.6. The van der Waals surface area contributed by atoms with E-state index < -0.39 is 11.9 Å². The summed E-state index contributed by atoms with van der Waals surface area (Å²) in [5.74, 6) is 0.593. The van der Waals surface area contributed by atoms with E-state index in [9.17, 15) is 13.2 Å². The van der Waals surface area contributed by atoms with Gasteiger partial charge in [-0.05, 0) is 53.4 Å². The molecule has 0 fully saturated rings. The highest BCUT2D eigenvalue weighted by Crippen LogP contribution is 2.28. The van der Waals surface area contributed by atoms with E-state index in [-0.39, 0.29) is 6.54 Å². The van der Waals surface area contributed by atoms with Crippen molar-refractivity contribution in [1.29, 1.82) is 0 Å². The van der Waals surface area contributed by atoms with Crippen LogP contribution in [-0.4, -0.2) is 19.9 Å². The van der Waals surface area contributed by atoms with Crippen molar-refractivity contribution in [2.24, 2.45) is 0 Å². The number of hydrogen-bond donors (Lipinski definition) is 2. The Hall–Kier alpha value is -3.42. The maximum atomic E-state index is 12.7.